The molecule has 0 saturated carbocycles. The third kappa shape index (κ3) is 2.83. The molecule has 2 aliphatic rings. The first kappa shape index (κ1) is 12.3. The Morgan fingerprint density at radius 2 is 2.00 bits per heavy atom. The topological polar surface area (TPSA) is 44.4 Å². The summed E-state index contributed by atoms with van der Waals surface area (Å²) in [5, 5.41) is 6.40. The van der Waals surface area contributed by atoms with Crippen LogP contribution in [0.5, 0.6) is 0 Å². The highest BCUT2D eigenvalue weighted by atomic mass is 16.2. The second kappa shape index (κ2) is 5.51. The van der Waals surface area contributed by atoms with Gasteiger partial charge in [0, 0.05) is 31.0 Å². The van der Waals surface area contributed by atoms with Crippen LogP contribution in [-0.4, -0.2) is 30.6 Å². The SMILES string of the molecule is O=C(Nc1ccc2c(c1)CCCN2)N1CCCCC1. The molecular formula is C15H21N3O. The van der Waals surface area contributed by atoms with Crippen LogP contribution >= 0.6 is 0 Å². The summed E-state index contributed by atoms with van der Waals surface area (Å²) in [6.07, 6.45) is 5.75. The molecule has 3 rings (SSSR count). The van der Waals surface area contributed by atoms with E-state index in [-0.39, 0.29) is 6.03 Å². The first-order chi connectivity index (χ1) is 9.33. The lowest BCUT2D eigenvalue weighted by atomic mass is 10.0. The minimum atomic E-state index is 0.0448. The van der Waals surface area contributed by atoms with Crippen LogP contribution in [0.4, 0.5) is 16.2 Å². The Bertz CT molecular complexity index is 466. The zero-order chi connectivity index (χ0) is 13.1. The molecular weight excluding hydrogens is 238 g/mol. The summed E-state index contributed by atoms with van der Waals surface area (Å²) in [4.78, 5) is 14.1. The molecule has 2 heterocycles. The molecule has 1 saturated heterocycles. The van der Waals surface area contributed by atoms with Crippen molar-refractivity contribution in [3.05, 3.63) is 23.8 Å². The molecule has 0 bridgehead atoms. The summed E-state index contributed by atoms with van der Waals surface area (Å²) < 4.78 is 0. The number of benzene rings is 1. The molecule has 0 spiro atoms. The van der Waals surface area contributed by atoms with Gasteiger partial charge in [0.2, 0.25) is 0 Å². The normalized spacial score (nSPS) is 18.4. The molecule has 0 aromatic heterocycles. The molecule has 0 aliphatic carbocycles. The molecule has 2 N–H and O–H groups in total. The number of hydrogen-bond acceptors (Lipinski definition) is 2. The molecule has 1 aromatic rings. The lowest BCUT2D eigenvalue weighted by Crippen LogP contribution is -2.38. The molecule has 19 heavy (non-hydrogen) atoms. The van der Waals surface area contributed by atoms with Gasteiger partial charge in [0.15, 0.2) is 0 Å². The van der Waals surface area contributed by atoms with Crippen molar-refractivity contribution in [1.29, 1.82) is 0 Å². The van der Waals surface area contributed by atoms with Gasteiger partial charge in [-0.1, -0.05) is 0 Å². The molecule has 102 valence electrons. The Hall–Kier alpha value is -1.71. The van der Waals surface area contributed by atoms with E-state index in [0.717, 1.165) is 51.0 Å². The summed E-state index contributed by atoms with van der Waals surface area (Å²) in [7, 11) is 0. The quantitative estimate of drug-likeness (QED) is 0.814. The molecule has 0 radical (unpaired) electrons. The van der Waals surface area contributed by atoms with Gasteiger partial charge < -0.3 is 15.5 Å². The minimum Gasteiger partial charge on any atom is -0.385 e. The number of hydrogen-bond donors (Lipinski definition) is 2. The molecule has 0 atom stereocenters. The number of fused-ring (bicyclic) bond motifs is 1. The van der Waals surface area contributed by atoms with Gasteiger partial charge in [-0.15, -0.1) is 0 Å². The Morgan fingerprint density at radius 3 is 2.84 bits per heavy atom. The van der Waals surface area contributed by atoms with Gasteiger partial charge in [-0.2, -0.15) is 0 Å². The van der Waals surface area contributed by atoms with Crippen molar-refractivity contribution in [2.75, 3.05) is 30.3 Å². The van der Waals surface area contributed by atoms with Gasteiger partial charge in [0.25, 0.3) is 0 Å². The monoisotopic (exact) mass is 259 g/mol. The van der Waals surface area contributed by atoms with Crippen LogP contribution in [0.1, 0.15) is 31.2 Å². The first-order valence-corrected chi connectivity index (χ1v) is 7.26. The fourth-order valence-electron chi connectivity index (χ4n) is 2.85. The standard InChI is InChI=1S/C15H21N3O/c19-15(18-9-2-1-3-10-18)17-13-6-7-14-12(11-13)5-4-8-16-14/h6-7,11,16H,1-5,8-10H2,(H,17,19). The number of nitrogens with one attached hydrogen (secondary N) is 2. The number of anilines is 2. The summed E-state index contributed by atoms with van der Waals surface area (Å²) in [5.74, 6) is 0. The zero-order valence-corrected chi connectivity index (χ0v) is 11.2. The van der Waals surface area contributed by atoms with Crippen LogP contribution in [0.25, 0.3) is 0 Å². The number of nitrogens with zero attached hydrogens (tertiary/aromatic N) is 1. The first-order valence-electron chi connectivity index (χ1n) is 7.26. The molecule has 1 aromatic carbocycles. The van der Waals surface area contributed by atoms with E-state index >= 15 is 0 Å². The lowest BCUT2D eigenvalue weighted by molar-refractivity contribution is 0.200. The van der Waals surface area contributed by atoms with Gasteiger partial charge in [-0.05, 0) is 55.9 Å². The molecule has 1 fully saturated rings. The Morgan fingerprint density at radius 1 is 1.16 bits per heavy atom. The third-order valence-electron chi connectivity index (χ3n) is 3.94. The Balaban J connectivity index is 1.67. The van der Waals surface area contributed by atoms with Crippen LogP contribution in [0.3, 0.4) is 0 Å². The van der Waals surface area contributed by atoms with Gasteiger partial charge in [0.1, 0.15) is 0 Å². The van der Waals surface area contributed by atoms with Crippen molar-refractivity contribution in [2.45, 2.75) is 32.1 Å². The van der Waals surface area contributed by atoms with E-state index in [0.29, 0.717) is 0 Å². The number of likely N-dealkylation sites (tertiary alicyclic amines) is 1. The van der Waals surface area contributed by atoms with Crippen molar-refractivity contribution >= 4 is 17.4 Å². The van der Waals surface area contributed by atoms with E-state index in [2.05, 4.69) is 22.8 Å². The maximum Gasteiger partial charge on any atom is 0.321 e. The number of aryl methyl sites for hydroxylation is 1. The van der Waals surface area contributed by atoms with Crippen molar-refractivity contribution < 1.29 is 4.79 Å². The highest BCUT2D eigenvalue weighted by Gasteiger charge is 2.17. The van der Waals surface area contributed by atoms with Crippen LogP contribution in [0, 0.1) is 0 Å². The lowest BCUT2D eigenvalue weighted by Gasteiger charge is -2.27. The molecule has 4 heteroatoms. The van der Waals surface area contributed by atoms with Gasteiger partial charge in [-0.25, -0.2) is 4.79 Å². The summed E-state index contributed by atoms with van der Waals surface area (Å²) in [5.41, 5.74) is 3.43. The highest BCUT2D eigenvalue weighted by Crippen LogP contribution is 2.25. The van der Waals surface area contributed by atoms with E-state index < -0.39 is 0 Å². The van der Waals surface area contributed by atoms with Crippen LogP contribution in [0.2, 0.25) is 0 Å². The Kier molecular flexibility index (Phi) is 3.58. The predicted molar refractivity (Wildman–Crippen MR) is 77.7 cm³/mol. The molecule has 4 nitrogen and oxygen atoms in total. The average molecular weight is 259 g/mol. The fraction of sp³-hybridized carbons (Fsp3) is 0.533. The number of carbonyl (C=O) groups excluding carboxylic acids is 1. The number of amides is 2. The van der Waals surface area contributed by atoms with Crippen LogP contribution < -0.4 is 10.6 Å². The molecule has 0 unspecified atom stereocenters. The maximum absolute atomic E-state index is 12.1. The van der Waals surface area contributed by atoms with Gasteiger partial charge >= 0.3 is 6.03 Å². The maximum atomic E-state index is 12.1. The minimum absolute atomic E-state index is 0.0448. The highest BCUT2D eigenvalue weighted by molar-refractivity contribution is 5.89. The summed E-state index contributed by atoms with van der Waals surface area (Å²) >= 11 is 0. The molecule has 2 amide bonds. The van der Waals surface area contributed by atoms with Crippen molar-refractivity contribution in [3.63, 3.8) is 0 Å². The van der Waals surface area contributed by atoms with Crippen molar-refractivity contribution in [1.82, 2.24) is 4.90 Å². The summed E-state index contributed by atoms with van der Waals surface area (Å²) in [6, 6.07) is 6.20. The van der Waals surface area contributed by atoms with Crippen LogP contribution in [-0.2, 0) is 6.42 Å². The van der Waals surface area contributed by atoms with E-state index in [9.17, 15) is 4.79 Å². The van der Waals surface area contributed by atoms with Crippen molar-refractivity contribution in [2.24, 2.45) is 0 Å². The number of rotatable bonds is 1. The average Bonchev–Trinajstić information content (AvgIpc) is 2.48. The van der Waals surface area contributed by atoms with Gasteiger partial charge in [0.05, 0.1) is 0 Å². The second-order valence-electron chi connectivity index (χ2n) is 5.38. The van der Waals surface area contributed by atoms with E-state index in [4.69, 9.17) is 0 Å². The Labute approximate surface area is 114 Å². The summed E-state index contributed by atoms with van der Waals surface area (Å²) in [6.45, 7) is 2.82. The number of urea groups is 1. The number of carbonyl (C=O) groups is 1. The smallest absolute Gasteiger partial charge is 0.321 e. The van der Waals surface area contributed by atoms with Gasteiger partial charge in [-0.3, -0.25) is 0 Å². The largest absolute Gasteiger partial charge is 0.385 e. The number of piperidine rings is 1. The molecule has 2 aliphatic heterocycles. The van der Waals surface area contributed by atoms with Crippen LogP contribution in [0.15, 0.2) is 18.2 Å². The van der Waals surface area contributed by atoms with E-state index in [1.807, 2.05) is 11.0 Å². The van der Waals surface area contributed by atoms with E-state index in [1.165, 1.54) is 17.7 Å². The predicted octanol–water partition coefficient (Wildman–Crippen LogP) is 3.06. The second-order valence-corrected chi connectivity index (χ2v) is 5.38. The van der Waals surface area contributed by atoms with Crippen molar-refractivity contribution in [3.8, 4) is 0 Å². The third-order valence-corrected chi connectivity index (χ3v) is 3.94. The zero-order valence-electron chi connectivity index (χ0n) is 11.2. The van der Waals surface area contributed by atoms with E-state index in [1.54, 1.807) is 0 Å². The fourth-order valence-corrected chi connectivity index (χ4v) is 2.85.